The van der Waals surface area contributed by atoms with Crippen LogP contribution in [0.25, 0.3) is 0 Å². The van der Waals surface area contributed by atoms with E-state index in [2.05, 4.69) is 10.6 Å². The maximum Gasteiger partial charge on any atom is 0.551 e. The molecule has 0 spiro atoms. The van der Waals surface area contributed by atoms with E-state index in [4.69, 9.17) is 32.5 Å². The summed E-state index contributed by atoms with van der Waals surface area (Å²) in [7, 11) is -1.29. The molecule has 13 heteroatoms. The maximum absolute atomic E-state index is 13.2. The topological polar surface area (TPSA) is 131 Å². The summed E-state index contributed by atoms with van der Waals surface area (Å²) in [5, 5.41) is 15.4. The normalized spacial score (nSPS) is 18.2. The average molecular weight is 547 g/mol. The molecule has 0 saturated carbocycles. The van der Waals surface area contributed by atoms with Crippen molar-refractivity contribution >= 4 is 65.8 Å². The smallest absolute Gasteiger partial charge is 0.508 e. The maximum atomic E-state index is 13.2. The van der Waals surface area contributed by atoms with Gasteiger partial charge in [-0.2, -0.15) is 11.8 Å². The summed E-state index contributed by atoms with van der Waals surface area (Å²) in [5.41, 5.74) is 0.124. The minimum atomic E-state index is -1.29. The molecule has 0 radical (unpaired) electrons. The van der Waals surface area contributed by atoms with Gasteiger partial charge in [0.25, 0.3) is 11.9 Å². The highest BCUT2D eigenvalue weighted by atomic mass is 35.5. The third-order valence-electron chi connectivity index (χ3n) is 5.18. The van der Waals surface area contributed by atoms with Crippen molar-refractivity contribution in [2.45, 2.75) is 57.6 Å². The first kappa shape index (κ1) is 29.3. The van der Waals surface area contributed by atoms with E-state index >= 15 is 0 Å². The van der Waals surface area contributed by atoms with Crippen LogP contribution < -0.4 is 10.6 Å². The molecule has 1 aliphatic rings. The third kappa shape index (κ3) is 9.22. The zero-order chi connectivity index (χ0) is 26.1. The number of aliphatic carboxylic acids is 1. The van der Waals surface area contributed by atoms with Gasteiger partial charge in [-0.25, -0.2) is 4.79 Å². The monoisotopic (exact) mass is 546 g/mol. The van der Waals surface area contributed by atoms with E-state index in [0.717, 1.165) is 0 Å². The Bertz CT molecular complexity index is 937. The molecule has 3 atom stereocenters. The number of thioether (sulfide) groups is 1. The lowest BCUT2D eigenvalue weighted by atomic mass is 9.72. The molecule has 3 N–H and O–H groups in total. The van der Waals surface area contributed by atoms with Gasteiger partial charge in [0.15, 0.2) is 0 Å². The van der Waals surface area contributed by atoms with Gasteiger partial charge in [0.05, 0.1) is 16.5 Å². The molecule has 1 fully saturated rings. The first-order valence-electron chi connectivity index (χ1n) is 11.1. The van der Waals surface area contributed by atoms with Crippen LogP contribution in [0.4, 0.5) is 0 Å². The van der Waals surface area contributed by atoms with Crippen LogP contribution in [0.2, 0.25) is 10.0 Å². The lowest BCUT2D eigenvalue weighted by molar-refractivity contribution is -0.150. The summed E-state index contributed by atoms with van der Waals surface area (Å²) < 4.78 is 11.0. The first-order chi connectivity index (χ1) is 16.5. The van der Waals surface area contributed by atoms with E-state index < -0.39 is 49.0 Å². The molecule has 35 heavy (non-hydrogen) atoms. The molecular weight excluding hydrogens is 518 g/mol. The van der Waals surface area contributed by atoms with E-state index in [1.807, 2.05) is 13.8 Å². The fraction of sp³-hybridized carbons (Fsp3) is 0.545. The Kier molecular flexibility index (Phi) is 11.7. The van der Waals surface area contributed by atoms with Crippen molar-refractivity contribution < 1.29 is 33.6 Å². The molecule has 0 aliphatic carbocycles. The van der Waals surface area contributed by atoms with Crippen molar-refractivity contribution in [2.24, 2.45) is 5.92 Å². The van der Waals surface area contributed by atoms with E-state index in [0.29, 0.717) is 17.9 Å². The lowest BCUT2D eigenvalue weighted by Crippen LogP contribution is -2.58. The Balaban J connectivity index is 2.23. The number of hydrogen-bond donors (Lipinski definition) is 3. The summed E-state index contributed by atoms with van der Waals surface area (Å²) in [4.78, 5) is 49.8. The molecule has 0 aromatic heterocycles. The van der Waals surface area contributed by atoms with Crippen molar-refractivity contribution in [1.29, 1.82) is 0 Å². The fourth-order valence-electron chi connectivity index (χ4n) is 3.52. The zero-order valence-electron chi connectivity index (χ0n) is 19.7. The highest BCUT2D eigenvalue weighted by molar-refractivity contribution is 7.98. The molecule has 1 aromatic carbocycles. The number of carboxylic acid groups (broad SMARTS) is 1. The van der Waals surface area contributed by atoms with E-state index in [1.165, 1.54) is 23.9 Å². The van der Waals surface area contributed by atoms with Gasteiger partial charge in [0.1, 0.15) is 12.1 Å². The van der Waals surface area contributed by atoms with Crippen LogP contribution in [0.3, 0.4) is 0 Å². The number of carboxylic acids is 1. The quantitative estimate of drug-likeness (QED) is 0.381. The predicted octanol–water partition coefficient (Wildman–Crippen LogP) is 3.21. The molecule has 2 rings (SSSR count). The van der Waals surface area contributed by atoms with Gasteiger partial charge in [-0.05, 0) is 49.6 Å². The van der Waals surface area contributed by atoms with Gasteiger partial charge < -0.3 is 25.0 Å². The van der Waals surface area contributed by atoms with Crippen LogP contribution in [0.5, 0.6) is 0 Å². The molecule has 2 amide bonds. The zero-order valence-corrected chi connectivity index (χ0v) is 22.0. The predicted molar refractivity (Wildman–Crippen MR) is 136 cm³/mol. The van der Waals surface area contributed by atoms with Crippen LogP contribution in [-0.4, -0.2) is 66.1 Å². The molecule has 1 heterocycles. The molecule has 1 unspecified atom stereocenters. The molecule has 0 bridgehead atoms. The molecule has 1 saturated heterocycles. The van der Waals surface area contributed by atoms with Gasteiger partial charge >= 0.3 is 13.1 Å². The second kappa shape index (κ2) is 14.0. The number of hydrogen-bond acceptors (Lipinski definition) is 7. The third-order valence-corrected chi connectivity index (χ3v) is 6.41. The number of nitrogens with one attached hydrogen (secondary N) is 2. The van der Waals surface area contributed by atoms with Crippen LogP contribution in [0.15, 0.2) is 18.2 Å². The first-order valence-corrected chi connectivity index (χ1v) is 13.3. The summed E-state index contributed by atoms with van der Waals surface area (Å²) >= 11 is 13.4. The van der Waals surface area contributed by atoms with E-state index in [-0.39, 0.29) is 35.1 Å². The van der Waals surface area contributed by atoms with E-state index in [1.54, 1.807) is 12.3 Å². The summed E-state index contributed by atoms with van der Waals surface area (Å²) in [5.74, 6) is -3.36. The van der Waals surface area contributed by atoms with Crippen LogP contribution >= 0.6 is 35.0 Å². The van der Waals surface area contributed by atoms with Crippen molar-refractivity contribution in [3.8, 4) is 0 Å². The second-order valence-corrected chi connectivity index (χ2v) is 10.3. The number of carbonyl (C=O) groups is 4. The van der Waals surface area contributed by atoms with Crippen molar-refractivity contribution in [2.75, 3.05) is 12.0 Å². The Morgan fingerprint density at radius 2 is 1.97 bits per heavy atom. The van der Waals surface area contributed by atoms with Crippen LogP contribution in [0.1, 0.15) is 49.9 Å². The van der Waals surface area contributed by atoms with Crippen LogP contribution in [0, 0.1) is 5.92 Å². The summed E-state index contributed by atoms with van der Waals surface area (Å²) in [6.45, 7) is 3.81. The lowest BCUT2D eigenvalue weighted by Gasteiger charge is -2.30. The average Bonchev–Trinajstić information content (AvgIpc) is 2.76. The van der Waals surface area contributed by atoms with Crippen molar-refractivity contribution in [3.63, 3.8) is 0 Å². The molecule has 9 nitrogen and oxygen atoms in total. The molecule has 1 aromatic rings. The number of rotatable bonds is 10. The summed E-state index contributed by atoms with van der Waals surface area (Å²) in [6.07, 6.45) is 1.47. The highest BCUT2D eigenvalue weighted by Gasteiger charge is 2.41. The minimum Gasteiger partial charge on any atom is -0.508 e. The second-order valence-electron chi connectivity index (χ2n) is 8.56. The van der Waals surface area contributed by atoms with Crippen molar-refractivity contribution in [3.05, 3.63) is 33.8 Å². The molecule has 192 valence electrons. The standard InChI is InChI=1S/C22H29BCl2N2O7S/c1-12(2)9-18(23-33-17(22(31)32)5-4-6-19(28)34-23)27-21(30)16(11-35-3)26-20(29)14-10-13(24)7-8-15(14)25/h7-8,10,12,16-18H,4-6,9,11H2,1-3H3,(H,26,29)(H,27,30)(H,31,32)/t16-,17?,18-/m0/s1. The van der Waals surface area contributed by atoms with Crippen molar-refractivity contribution in [1.82, 2.24) is 10.6 Å². The number of halogens is 2. The number of amides is 2. The van der Waals surface area contributed by atoms with E-state index in [9.17, 15) is 24.3 Å². The molecule has 1 aliphatic heterocycles. The molecular formula is C22H29BCl2N2O7S. The Hall–Kier alpha value is -1.95. The fourth-order valence-corrected chi connectivity index (χ4v) is 4.47. The largest absolute Gasteiger partial charge is 0.551 e. The summed E-state index contributed by atoms with van der Waals surface area (Å²) in [6, 6.07) is 3.48. The number of carbonyl (C=O) groups excluding carboxylic acids is 3. The van der Waals surface area contributed by atoms with Gasteiger partial charge in [0, 0.05) is 17.2 Å². The van der Waals surface area contributed by atoms with Gasteiger partial charge in [0.2, 0.25) is 5.91 Å². The van der Waals surface area contributed by atoms with Gasteiger partial charge in [-0.3, -0.25) is 14.4 Å². The SMILES string of the molecule is CSC[C@H](NC(=O)c1cc(Cl)ccc1Cl)C(=O)N[C@@H](CC(C)C)B1OC(=O)CCCC(C(=O)O)O1. The Morgan fingerprint density at radius 3 is 2.60 bits per heavy atom. The van der Waals surface area contributed by atoms with Gasteiger partial charge in [-0.1, -0.05) is 37.0 Å². The van der Waals surface area contributed by atoms with Crippen LogP contribution in [-0.2, 0) is 23.7 Å². The number of benzene rings is 1. The Labute approximate surface area is 219 Å². The van der Waals surface area contributed by atoms with Gasteiger partial charge in [-0.15, -0.1) is 0 Å². The minimum absolute atomic E-state index is 0.0511. The highest BCUT2D eigenvalue weighted by Crippen LogP contribution is 2.21. The Morgan fingerprint density at radius 1 is 1.26 bits per heavy atom.